The first kappa shape index (κ1) is 13.8. The molecule has 0 fully saturated rings. The van der Waals surface area contributed by atoms with Crippen LogP contribution in [0.3, 0.4) is 0 Å². The van der Waals surface area contributed by atoms with E-state index in [2.05, 4.69) is 5.32 Å². The predicted molar refractivity (Wildman–Crippen MR) is 62.2 cm³/mol. The Balaban J connectivity index is 2.53. The van der Waals surface area contributed by atoms with E-state index in [1.54, 1.807) is 6.26 Å². The van der Waals surface area contributed by atoms with Gasteiger partial charge in [-0.1, -0.05) is 6.07 Å². The molecule has 1 N–H and O–H groups in total. The number of rotatable bonds is 5. The number of hydrogen-bond donors (Lipinski definition) is 1. The number of nitrogens with one attached hydrogen (secondary N) is 1. The zero-order valence-corrected chi connectivity index (χ0v) is 10.2. The molecule has 1 aromatic rings. The van der Waals surface area contributed by atoms with Crippen LogP contribution in [0.5, 0.6) is 0 Å². The summed E-state index contributed by atoms with van der Waals surface area (Å²) in [6.45, 7) is 0.286. The van der Waals surface area contributed by atoms with E-state index in [4.69, 9.17) is 0 Å². The molecule has 0 saturated heterocycles. The lowest BCUT2D eigenvalue weighted by Crippen LogP contribution is -2.26. The maximum absolute atomic E-state index is 13.2. The third-order valence-electron chi connectivity index (χ3n) is 2.09. The molecule has 1 atom stereocenters. The summed E-state index contributed by atoms with van der Waals surface area (Å²) in [6, 6.07) is 3.44. The van der Waals surface area contributed by atoms with Gasteiger partial charge in [0.25, 0.3) is 5.91 Å². The molecule has 3 nitrogen and oxygen atoms in total. The first-order chi connectivity index (χ1) is 8.02. The Morgan fingerprint density at radius 1 is 1.41 bits per heavy atom. The lowest BCUT2D eigenvalue weighted by Gasteiger charge is -2.05. The van der Waals surface area contributed by atoms with Crippen molar-refractivity contribution in [3.63, 3.8) is 0 Å². The van der Waals surface area contributed by atoms with Crippen LogP contribution in [0.4, 0.5) is 8.78 Å². The Morgan fingerprint density at radius 2 is 2.12 bits per heavy atom. The van der Waals surface area contributed by atoms with E-state index in [0.29, 0.717) is 12.2 Å². The van der Waals surface area contributed by atoms with E-state index in [0.717, 1.165) is 6.07 Å². The molecule has 0 aliphatic rings. The maximum atomic E-state index is 13.2. The van der Waals surface area contributed by atoms with Crippen LogP contribution in [0.1, 0.15) is 16.8 Å². The molecule has 0 heterocycles. The summed E-state index contributed by atoms with van der Waals surface area (Å²) < 4.78 is 36.8. The van der Waals surface area contributed by atoms with Gasteiger partial charge in [-0.05, 0) is 18.6 Å². The van der Waals surface area contributed by atoms with Gasteiger partial charge in [-0.25, -0.2) is 8.78 Å². The second kappa shape index (κ2) is 6.44. The smallest absolute Gasteiger partial charge is 0.254 e. The van der Waals surface area contributed by atoms with Crippen LogP contribution in [0.25, 0.3) is 0 Å². The van der Waals surface area contributed by atoms with Gasteiger partial charge in [0.1, 0.15) is 0 Å². The molecule has 6 heteroatoms. The molecule has 1 rings (SSSR count). The number of carbonyl (C=O) groups is 1. The zero-order chi connectivity index (χ0) is 12.8. The molecule has 0 spiro atoms. The third-order valence-corrected chi connectivity index (χ3v) is 2.95. The molecule has 1 aromatic carbocycles. The normalized spacial score (nSPS) is 12.2. The minimum absolute atomic E-state index is 0.286. The fourth-order valence-corrected chi connectivity index (χ4v) is 1.80. The second-order valence-electron chi connectivity index (χ2n) is 3.49. The van der Waals surface area contributed by atoms with Crippen LogP contribution in [0.15, 0.2) is 18.2 Å². The molecule has 0 aliphatic carbocycles. The molecule has 1 amide bonds. The van der Waals surface area contributed by atoms with Crippen LogP contribution < -0.4 is 5.32 Å². The van der Waals surface area contributed by atoms with Gasteiger partial charge in [0.2, 0.25) is 0 Å². The van der Waals surface area contributed by atoms with Crippen LogP contribution in [-0.4, -0.2) is 28.7 Å². The van der Waals surface area contributed by atoms with E-state index in [1.165, 1.54) is 12.1 Å². The summed E-state index contributed by atoms with van der Waals surface area (Å²) in [7, 11) is -0.918. The monoisotopic (exact) mass is 261 g/mol. The number of halogens is 2. The van der Waals surface area contributed by atoms with Gasteiger partial charge < -0.3 is 5.32 Å². The standard InChI is InChI=1S/C11H13F2NO2S/c1-17(16)7-3-6-14-11(15)8-4-2-5-9(12)10(8)13/h2,4-5H,3,6-7H2,1H3,(H,14,15). The average Bonchev–Trinajstić information content (AvgIpc) is 2.27. The summed E-state index contributed by atoms with van der Waals surface area (Å²) in [5.74, 6) is -2.40. The van der Waals surface area contributed by atoms with E-state index >= 15 is 0 Å². The van der Waals surface area contributed by atoms with Gasteiger partial charge in [0.05, 0.1) is 5.56 Å². The predicted octanol–water partition coefficient (Wildman–Crippen LogP) is 1.46. The minimum atomic E-state index is -1.15. The van der Waals surface area contributed by atoms with Crippen molar-refractivity contribution < 1.29 is 17.8 Å². The van der Waals surface area contributed by atoms with Crippen molar-refractivity contribution in [2.45, 2.75) is 6.42 Å². The molecular formula is C11H13F2NO2S. The number of amides is 1. The Hall–Kier alpha value is -1.30. The Kier molecular flexibility index (Phi) is 5.21. The van der Waals surface area contributed by atoms with Crippen molar-refractivity contribution in [3.8, 4) is 0 Å². The van der Waals surface area contributed by atoms with E-state index in [-0.39, 0.29) is 12.1 Å². The average molecular weight is 261 g/mol. The minimum Gasteiger partial charge on any atom is -0.352 e. The Labute approximate surface area is 101 Å². The van der Waals surface area contributed by atoms with Crippen molar-refractivity contribution in [3.05, 3.63) is 35.4 Å². The number of carbonyl (C=O) groups excluding carboxylic acids is 1. The molecule has 94 valence electrons. The quantitative estimate of drug-likeness (QED) is 0.816. The molecule has 0 aliphatic heterocycles. The maximum Gasteiger partial charge on any atom is 0.254 e. The van der Waals surface area contributed by atoms with Gasteiger partial charge in [0.15, 0.2) is 11.6 Å². The topological polar surface area (TPSA) is 46.2 Å². The summed E-state index contributed by atoms with van der Waals surface area (Å²) in [4.78, 5) is 11.5. The van der Waals surface area contributed by atoms with Crippen LogP contribution in [0.2, 0.25) is 0 Å². The van der Waals surface area contributed by atoms with Gasteiger partial charge >= 0.3 is 0 Å². The summed E-state index contributed by atoms with van der Waals surface area (Å²) >= 11 is 0. The number of hydrogen-bond acceptors (Lipinski definition) is 2. The van der Waals surface area contributed by atoms with E-state index in [9.17, 15) is 17.8 Å². The van der Waals surface area contributed by atoms with Crippen LogP contribution in [-0.2, 0) is 10.8 Å². The van der Waals surface area contributed by atoms with E-state index in [1.807, 2.05) is 0 Å². The van der Waals surface area contributed by atoms with Crippen molar-refractivity contribution in [2.24, 2.45) is 0 Å². The highest BCUT2D eigenvalue weighted by atomic mass is 32.2. The summed E-state index contributed by atoms with van der Waals surface area (Å²) in [5.41, 5.74) is -0.317. The van der Waals surface area contributed by atoms with Gasteiger partial charge in [-0.3, -0.25) is 9.00 Å². The van der Waals surface area contributed by atoms with Gasteiger partial charge in [-0.15, -0.1) is 0 Å². The highest BCUT2D eigenvalue weighted by Crippen LogP contribution is 2.10. The molecule has 0 radical (unpaired) electrons. The summed E-state index contributed by atoms with van der Waals surface area (Å²) in [6.07, 6.45) is 2.10. The van der Waals surface area contributed by atoms with Gasteiger partial charge in [0, 0.05) is 29.4 Å². The van der Waals surface area contributed by atoms with Crippen LogP contribution in [0, 0.1) is 11.6 Å². The Morgan fingerprint density at radius 3 is 2.76 bits per heavy atom. The fourth-order valence-electron chi connectivity index (χ4n) is 1.25. The van der Waals surface area contributed by atoms with Crippen molar-refractivity contribution in [1.29, 1.82) is 0 Å². The molecule has 1 unspecified atom stereocenters. The molecular weight excluding hydrogens is 248 g/mol. The highest BCUT2D eigenvalue weighted by Gasteiger charge is 2.14. The Bertz CT molecular complexity index is 437. The largest absolute Gasteiger partial charge is 0.352 e. The second-order valence-corrected chi connectivity index (χ2v) is 5.04. The molecule has 0 bridgehead atoms. The zero-order valence-electron chi connectivity index (χ0n) is 9.33. The first-order valence-corrected chi connectivity index (χ1v) is 6.77. The molecule has 17 heavy (non-hydrogen) atoms. The van der Waals surface area contributed by atoms with Crippen molar-refractivity contribution in [1.82, 2.24) is 5.32 Å². The molecule has 0 aromatic heterocycles. The fraction of sp³-hybridized carbons (Fsp3) is 0.364. The molecule has 0 saturated carbocycles. The lowest BCUT2D eigenvalue weighted by molar-refractivity contribution is 0.0948. The van der Waals surface area contributed by atoms with Gasteiger partial charge in [-0.2, -0.15) is 0 Å². The highest BCUT2D eigenvalue weighted by molar-refractivity contribution is 7.84. The van der Waals surface area contributed by atoms with E-state index < -0.39 is 28.3 Å². The third kappa shape index (κ3) is 4.22. The van der Waals surface area contributed by atoms with Crippen molar-refractivity contribution in [2.75, 3.05) is 18.6 Å². The van der Waals surface area contributed by atoms with Crippen molar-refractivity contribution >= 4 is 16.7 Å². The number of benzene rings is 1. The SMILES string of the molecule is CS(=O)CCCNC(=O)c1cccc(F)c1F. The first-order valence-electron chi connectivity index (χ1n) is 5.04. The van der Waals surface area contributed by atoms with Crippen LogP contribution >= 0.6 is 0 Å². The summed E-state index contributed by atoms with van der Waals surface area (Å²) in [5, 5.41) is 2.44. The lowest BCUT2D eigenvalue weighted by atomic mass is 10.2.